The third kappa shape index (κ3) is 5.88. The summed E-state index contributed by atoms with van der Waals surface area (Å²) in [6.45, 7) is 9.10. The van der Waals surface area contributed by atoms with Crippen molar-refractivity contribution in [2.45, 2.75) is 52.5 Å². The van der Waals surface area contributed by atoms with E-state index in [1.165, 1.54) is 0 Å². The molecule has 1 aromatic carbocycles. The maximum absolute atomic E-state index is 12.6. The summed E-state index contributed by atoms with van der Waals surface area (Å²) in [5.41, 5.74) is 7.14. The van der Waals surface area contributed by atoms with Crippen molar-refractivity contribution < 1.29 is 4.79 Å². The fourth-order valence-electron chi connectivity index (χ4n) is 2.66. The first-order valence-electron chi connectivity index (χ1n) is 8.03. The van der Waals surface area contributed by atoms with E-state index in [9.17, 15) is 4.79 Å². The first-order chi connectivity index (χ1) is 9.95. The molecule has 0 bridgehead atoms. The van der Waals surface area contributed by atoms with Gasteiger partial charge in [-0.25, -0.2) is 0 Å². The van der Waals surface area contributed by atoms with Crippen molar-refractivity contribution in [2.75, 3.05) is 6.54 Å². The van der Waals surface area contributed by atoms with Crippen molar-refractivity contribution in [1.29, 1.82) is 0 Å². The van der Waals surface area contributed by atoms with Crippen LogP contribution in [0.5, 0.6) is 0 Å². The van der Waals surface area contributed by atoms with Gasteiger partial charge in [0.15, 0.2) is 0 Å². The maximum atomic E-state index is 12.6. The standard InChI is InChI=1S/C18H30N2O/c1-5-14(4)17(15-9-7-6-8-10-15)18(21)20-12-16(19)11-13(2)3/h6-10,13-14,16-17H,5,11-12,19H2,1-4H3,(H,20,21). The molecule has 0 spiro atoms. The number of carbonyl (C=O) groups is 1. The molecule has 0 aromatic heterocycles. The van der Waals surface area contributed by atoms with Crippen LogP contribution in [0, 0.1) is 11.8 Å². The Morgan fingerprint density at radius 3 is 2.33 bits per heavy atom. The van der Waals surface area contributed by atoms with Crippen LogP contribution in [0.4, 0.5) is 0 Å². The van der Waals surface area contributed by atoms with Crippen LogP contribution in [0.15, 0.2) is 30.3 Å². The SMILES string of the molecule is CCC(C)C(C(=O)NCC(N)CC(C)C)c1ccccc1. The Morgan fingerprint density at radius 1 is 1.19 bits per heavy atom. The van der Waals surface area contributed by atoms with E-state index >= 15 is 0 Å². The molecule has 0 saturated heterocycles. The Kier molecular flexibility index (Phi) is 7.44. The summed E-state index contributed by atoms with van der Waals surface area (Å²) in [6, 6.07) is 10.1. The molecule has 0 aliphatic rings. The molecule has 0 radical (unpaired) electrons. The van der Waals surface area contributed by atoms with Gasteiger partial charge in [-0.1, -0.05) is 64.4 Å². The molecular formula is C18H30N2O. The second kappa shape index (κ2) is 8.83. The van der Waals surface area contributed by atoms with E-state index in [0.29, 0.717) is 18.4 Å². The molecule has 3 atom stereocenters. The van der Waals surface area contributed by atoms with Crippen LogP contribution in [-0.4, -0.2) is 18.5 Å². The van der Waals surface area contributed by atoms with Gasteiger partial charge >= 0.3 is 0 Å². The van der Waals surface area contributed by atoms with E-state index in [0.717, 1.165) is 18.4 Å². The molecule has 3 N–H and O–H groups in total. The number of hydrogen-bond donors (Lipinski definition) is 2. The molecule has 3 unspecified atom stereocenters. The molecule has 1 rings (SSSR count). The van der Waals surface area contributed by atoms with Crippen LogP contribution < -0.4 is 11.1 Å². The molecule has 3 nitrogen and oxygen atoms in total. The third-order valence-corrected chi connectivity index (χ3v) is 3.97. The second-order valence-electron chi connectivity index (χ2n) is 6.41. The van der Waals surface area contributed by atoms with E-state index in [1.54, 1.807) is 0 Å². The normalized spacial score (nSPS) is 15.5. The van der Waals surface area contributed by atoms with Gasteiger partial charge in [-0.15, -0.1) is 0 Å². The molecule has 0 aliphatic carbocycles. The molecule has 21 heavy (non-hydrogen) atoms. The number of carbonyl (C=O) groups excluding carboxylic acids is 1. The van der Waals surface area contributed by atoms with Gasteiger partial charge in [0.1, 0.15) is 0 Å². The Morgan fingerprint density at radius 2 is 1.81 bits per heavy atom. The van der Waals surface area contributed by atoms with Crippen molar-refractivity contribution in [2.24, 2.45) is 17.6 Å². The smallest absolute Gasteiger partial charge is 0.227 e. The molecule has 118 valence electrons. The molecule has 0 heterocycles. The summed E-state index contributed by atoms with van der Waals surface area (Å²) in [5, 5.41) is 3.04. The Balaban J connectivity index is 2.69. The van der Waals surface area contributed by atoms with Gasteiger partial charge in [-0.2, -0.15) is 0 Å². The largest absolute Gasteiger partial charge is 0.354 e. The van der Waals surface area contributed by atoms with E-state index < -0.39 is 0 Å². The van der Waals surface area contributed by atoms with Crippen LogP contribution in [0.25, 0.3) is 0 Å². The van der Waals surface area contributed by atoms with Gasteiger partial charge in [0.05, 0.1) is 5.92 Å². The van der Waals surface area contributed by atoms with E-state index in [2.05, 4.69) is 33.0 Å². The Hall–Kier alpha value is -1.35. The Labute approximate surface area is 129 Å². The number of nitrogens with two attached hydrogens (primary N) is 1. The zero-order valence-electron chi connectivity index (χ0n) is 13.8. The molecular weight excluding hydrogens is 260 g/mol. The fourth-order valence-corrected chi connectivity index (χ4v) is 2.66. The number of nitrogens with one attached hydrogen (secondary N) is 1. The van der Waals surface area contributed by atoms with Gasteiger partial charge in [-0.05, 0) is 23.8 Å². The van der Waals surface area contributed by atoms with Crippen molar-refractivity contribution in [1.82, 2.24) is 5.32 Å². The van der Waals surface area contributed by atoms with Gasteiger partial charge in [-0.3, -0.25) is 4.79 Å². The number of benzene rings is 1. The quantitative estimate of drug-likeness (QED) is 0.772. The van der Waals surface area contributed by atoms with Gasteiger partial charge in [0.25, 0.3) is 0 Å². The molecule has 0 aliphatic heterocycles. The predicted octanol–water partition coefficient (Wildman–Crippen LogP) is 3.31. The first-order valence-corrected chi connectivity index (χ1v) is 8.03. The number of rotatable bonds is 8. The van der Waals surface area contributed by atoms with E-state index in [1.807, 2.05) is 30.3 Å². The molecule has 0 saturated carbocycles. The summed E-state index contributed by atoms with van der Waals surface area (Å²) in [5.74, 6) is 0.863. The highest BCUT2D eigenvalue weighted by Gasteiger charge is 2.25. The minimum atomic E-state index is -0.0950. The lowest BCUT2D eigenvalue weighted by Crippen LogP contribution is -2.41. The zero-order valence-corrected chi connectivity index (χ0v) is 13.8. The highest BCUT2D eigenvalue weighted by atomic mass is 16.1. The van der Waals surface area contributed by atoms with E-state index in [-0.39, 0.29) is 17.9 Å². The van der Waals surface area contributed by atoms with Crippen molar-refractivity contribution in [3.05, 3.63) is 35.9 Å². The first kappa shape index (κ1) is 17.7. The van der Waals surface area contributed by atoms with Crippen LogP contribution in [-0.2, 0) is 4.79 Å². The third-order valence-electron chi connectivity index (χ3n) is 3.97. The van der Waals surface area contributed by atoms with Crippen LogP contribution >= 0.6 is 0 Å². The van der Waals surface area contributed by atoms with Gasteiger partial charge in [0.2, 0.25) is 5.91 Å². The van der Waals surface area contributed by atoms with Crippen LogP contribution in [0.2, 0.25) is 0 Å². The summed E-state index contributed by atoms with van der Waals surface area (Å²) in [7, 11) is 0. The second-order valence-corrected chi connectivity index (χ2v) is 6.41. The molecule has 1 amide bonds. The lowest BCUT2D eigenvalue weighted by atomic mass is 9.85. The Bertz CT molecular complexity index is 416. The number of hydrogen-bond acceptors (Lipinski definition) is 2. The number of amides is 1. The maximum Gasteiger partial charge on any atom is 0.227 e. The summed E-state index contributed by atoms with van der Waals surface area (Å²) in [6.07, 6.45) is 1.91. The average Bonchev–Trinajstić information content (AvgIpc) is 2.45. The van der Waals surface area contributed by atoms with Gasteiger partial charge < -0.3 is 11.1 Å². The lowest BCUT2D eigenvalue weighted by molar-refractivity contribution is -0.123. The van der Waals surface area contributed by atoms with Crippen molar-refractivity contribution in [3.63, 3.8) is 0 Å². The van der Waals surface area contributed by atoms with Gasteiger partial charge in [0, 0.05) is 12.6 Å². The summed E-state index contributed by atoms with van der Waals surface area (Å²) < 4.78 is 0. The van der Waals surface area contributed by atoms with Crippen molar-refractivity contribution in [3.8, 4) is 0 Å². The zero-order chi connectivity index (χ0) is 15.8. The minimum absolute atomic E-state index is 0.0299. The van der Waals surface area contributed by atoms with E-state index in [4.69, 9.17) is 5.73 Å². The monoisotopic (exact) mass is 290 g/mol. The van der Waals surface area contributed by atoms with Crippen molar-refractivity contribution >= 4 is 5.91 Å². The predicted molar refractivity (Wildman–Crippen MR) is 89.1 cm³/mol. The summed E-state index contributed by atoms with van der Waals surface area (Å²) in [4.78, 5) is 12.6. The fraction of sp³-hybridized carbons (Fsp3) is 0.611. The lowest BCUT2D eigenvalue weighted by Gasteiger charge is -2.24. The summed E-state index contributed by atoms with van der Waals surface area (Å²) >= 11 is 0. The van der Waals surface area contributed by atoms with Crippen LogP contribution in [0.1, 0.15) is 52.0 Å². The molecule has 0 fully saturated rings. The minimum Gasteiger partial charge on any atom is -0.354 e. The average molecular weight is 290 g/mol. The highest BCUT2D eigenvalue weighted by Crippen LogP contribution is 2.27. The topological polar surface area (TPSA) is 55.1 Å². The highest BCUT2D eigenvalue weighted by molar-refractivity contribution is 5.84. The molecule has 3 heteroatoms. The molecule has 1 aromatic rings. The van der Waals surface area contributed by atoms with Crippen LogP contribution in [0.3, 0.4) is 0 Å².